The molecule has 0 aromatic heterocycles. The van der Waals surface area contributed by atoms with E-state index in [1.165, 1.54) is 11.0 Å². The predicted octanol–water partition coefficient (Wildman–Crippen LogP) is 2.43. The van der Waals surface area contributed by atoms with Crippen LogP contribution in [0.5, 0.6) is 5.75 Å². The maximum atomic E-state index is 14.0. The van der Waals surface area contributed by atoms with Gasteiger partial charge in [0.2, 0.25) is 0 Å². The number of ether oxygens (including phenoxy) is 1. The number of likely N-dealkylation sites (tertiary alicyclic amines) is 1. The van der Waals surface area contributed by atoms with Crippen LogP contribution in [0.1, 0.15) is 6.42 Å². The zero-order valence-electron chi connectivity index (χ0n) is 12.5. The van der Waals surface area contributed by atoms with Crippen molar-refractivity contribution in [3.05, 3.63) is 23.0 Å². The predicted molar refractivity (Wildman–Crippen MR) is 84.5 cm³/mol. The van der Waals surface area contributed by atoms with E-state index in [-0.39, 0.29) is 34.9 Å². The van der Waals surface area contributed by atoms with Crippen LogP contribution < -0.4 is 10.1 Å². The number of piperidine rings is 1. The first-order valence-corrected chi connectivity index (χ1v) is 7.66. The minimum atomic E-state index is -1.05. The number of urea groups is 1. The Kier molecular flexibility index (Phi) is 4.24. The van der Waals surface area contributed by atoms with Gasteiger partial charge in [-0.25, -0.2) is 14.0 Å². The first-order valence-electron chi connectivity index (χ1n) is 7.28. The van der Waals surface area contributed by atoms with Crippen LogP contribution in [-0.2, 0) is 4.79 Å². The fraction of sp³-hybridized carbons (Fsp3) is 0.375. The van der Waals surface area contributed by atoms with Gasteiger partial charge in [-0.1, -0.05) is 17.5 Å². The number of fused-ring (bicyclic) bond motifs is 1. The van der Waals surface area contributed by atoms with E-state index in [9.17, 15) is 19.1 Å². The molecule has 1 saturated carbocycles. The summed E-state index contributed by atoms with van der Waals surface area (Å²) in [5, 5.41) is 11.7. The number of rotatable bonds is 4. The van der Waals surface area contributed by atoms with Crippen LogP contribution >= 0.6 is 11.6 Å². The molecule has 8 heteroatoms. The number of anilines is 1. The van der Waals surface area contributed by atoms with E-state index < -0.39 is 23.9 Å². The van der Waals surface area contributed by atoms with Crippen LogP contribution in [-0.4, -0.2) is 41.2 Å². The van der Waals surface area contributed by atoms with Crippen molar-refractivity contribution in [3.8, 4) is 18.1 Å². The summed E-state index contributed by atoms with van der Waals surface area (Å²) < 4.78 is 19.2. The van der Waals surface area contributed by atoms with Crippen LogP contribution in [0.3, 0.4) is 0 Å². The van der Waals surface area contributed by atoms with Crippen molar-refractivity contribution in [2.75, 3.05) is 18.5 Å². The highest BCUT2D eigenvalue weighted by Crippen LogP contribution is 2.49. The molecule has 1 saturated heterocycles. The lowest BCUT2D eigenvalue weighted by Gasteiger charge is -2.24. The molecule has 24 heavy (non-hydrogen) atoms. The molecule has 1 aromatic rings. The molecule has 0 radical (unpaired) electrons. The molecule has 3 atom stereocenters. The van der Waals surface area contributed by atoms with Gasteiger partial charge in [0, 0.05) is 12.6 Å². The number of carboxylic acid groups (broad SMARTS) is 1. The number of nitrogens with zero attached hydrogens (tertiary/aromatic N) is 1. The minimum absolute atomic E-state index is 0.0159. The van der Waals surface area contributed by atoms with Crippen LogP contribution in [0.4, 0.5) is 14.9 Å². The molecule has 126 valence electrons. The van der Waals surface area contributed by atoms with Gasteiger partial charge in [0.25, 0.3) is 0 Å². The number of aliphatic carboxylic acids is 1. The number of halogens is 2. The summed E-state index contributed by atoms with van der Waals surface area (Å²) in [6.45, 7) is 0.290. The topological polar surface area (TPSA) is 78.9 Å². The lowest BCUT2D eigenvalue weighted by Crippen LogP contribution is -2.45. The summed E-state index contributed by atoms with van der Waals surface area (Å²) in [5.41, 5.74) is -0.152. The van der Waals surface area contributed by atoms with Crippen molar-refractivity contribution in [3.63, 3.8) is 0 Å². The number of carbonyl (C=O) groups excluding carboxylic acids is 1. The minimum Gasteiger partial charge on any atom is -0.480 e. The number of amides is 2. The van der Waals surface area contributed by atoms with Gasteiger partial charge in [-0.2, -0.15) is 0 Å². The Balaban J connectivity index is 1.77. The van der Waals surface area contributed by atoms with Crippen molar-refractivity contribution in [1.29, 1.82) is 0 Å². The molecular weight excluding hydrogens is 339 g/mol. The highest BCUT2D eigenvalue weighted by molar-refractivity contribution is 6.32. The Bertz CT molecular complexity index is 748. The van der Waals surface area contributed by atoms with E-state index in [0.717, 1.165) is 12.5 Å². The van der Waals surface area contributed by atoms with Crippen molar-refractivity contribution >= 4 is 29.3 Å². The number of benzene rings is 1. The van der Waals surface area contributed by atoms with Gasteiger partial charge in [-0.3, -0.25) is 0 Å². The molecule has 1 aromatic carbocycles. The first kappa shape index (κ1) is 16.4. The molecule has 2 fully saturated rings. The van der Waals surface area contributed by atoms with Gasteiger partial charge in [-0.15, -0.1) is 6.42 Å². The van der Waals surface area contributed by atoms with Gasteiger partial charge in [0.15, 0.2) is 0 Å². The third-order valence-corrected chi connectivity index (χ3v) is 4.53. The molecule has 2 aliphatic rings. The zero-order valence-corrected chi connectivity index (χ0v) is 13.2. The van der Waals surface area contributed by atoms with E-state index in [1.54, 1.807) is 0 Å². The van der Waals surface area contributed by atoms with Crippen LogP contribution in [0.15, 0.2) is 12.1 Å². The Morgan fingerprint density at radius 3 is 2.96 bits per heavy atom. The largest absolute Gasteiger partial charge is 0.480 e. The second-order valence-electron chi connectivity index (χ2n) is 5.78. The lowest BCUT2D eigenvalue weighted by atomic mass is 10.2. The maximum absolute atomic E-state index is 14.0. The number of terminal acetylenes is 1. The summed E-state index contributed by atoms with van der Waals surface area (Å²) >= 11 is 5.86. The molecule has 1 aliphatic heterocycles. The van der Waals surface area contributed by atoms with Gasteiger partial charge < -0.3 is 20.1 Å². The zero-order chi connectivity index (χ0) is 17.4. The average molecular weight is 353 g/mol. The molecule has 3 rings (SSSR count). The highest BCUT2D eigenvalue weighted by Gasteiger charge is 2.57. The fourth-order valence-electron chi connectivity index (χ4n) is 3.03. The lowest BCUT2D eigenvalue weighted by molar-refractivity contribution is -0.142. The quantitative estimate of drug-likeness (QED) is 0.816. The first-order chi connectivity index (χ1) is 11.4. The SMILES string of the molecule is C#CCOc1cc(NC(=O)N2CC3CC3C2C(=O)O)c(F)cc1Cl. The van der Waals surface area contributed by atoms with Gasteiger partial charge >= 0.3 is 12.0 Å². The number of hydrogen-bond acceptors (Lipinski definition) is 3. The molecule has 1 aliphatic carbocycles. The number of nitrogens with one attached hydrogen (secondary N) is 1. The summed E-state index contributed by atoms with van der Waals surface area (Å²) in [6, 6.07) is 0.680. The molecule has 1 heterocycles. The molecule has 3 unspecified atom stereocenters. The van der Waals surface area contributed by atoms with E-state index in [4.69, 9.17) is 22.8 Å². The summed E-state index contributed by atoms with van der Waals surface area (Å²) in [5.74, 6) is 0.776. The Hall–Kier alpha value is -2.46. The Morgan fingerprint density at radius 2 is 2.29 bits per heavy atom. The fourth-order valence-corrected chi connectivity index (χ4v) is 3.24. The third-order valence-electron chi connectivity index (χ3n) is 4.24. The van der Waals surface area contributed by atoms with Crippen LogP contribution in [0.25, 0.3) is 0 Å². The monoisotopic (exact) mass is 352 g/mol. The third kappa shape index (κ3) is 2.97. The molecule has 2 amide bonds. The Labute approximate surface area is 142 Å². The molecular formula is C16H14ClFN2O4. The summed E-state index contributed by atoms with van der Waals surface area (Å²) in [7, 11) is 0. The smallest absolute Gasteiger partial charge is 0.326 e. The van der Waals surface area contributed by atoms with Crippen LogP contribution in [0.2, 0.25) is 5.02 Å². The molecule has 6 nitrogen and oxygen atoms in total. The maximum Gasteiger partial charge on any atom is 0.326 e. The Morgan fingerprint density at radius 1 is 1.54 bits per heavy atom. The van der Waals surface area contributed by atoms with Gasteiger partial charge in [0.05, 0.1) is 10.7 Å². The van der Waals surface area contributed by atoms with E-state index in [1.807, 2.05) is 0 Å². The second kappa shape index (κ2) is 6.21. The number of carbonyl (C=O) groups is 2. The number of carboxylic acids is 1. The summed E-state index contributed by atoms with van der Waals surface area (Å²) in [4.78, 5) is 24.9. The van der Waals surface area contributed by atoms with E-state index in [2.05, 4.69) is 11.2 Å². The van der Waals surface area contributed by atoms with Crippen molar-refractivity contribution in [2.24, 2.45) is 11.8 Å². The summed E-state index contributed by atoms with van der Waals surface area (Å²) in [6.07, 6.45) is 5.90. The van der Waals surface area contributed by atoms with Gasteiger partial charge in [0.1, 0.15) is 24.2 Å². The number of hydrogen-bond donors (Lipinski definition) is 2. The van der Waals surface area contributed by atoms with Crippen molar-refractivity contribution < 1.29 is 23.8 Å². The molecule has 0 bridgehead atoms. The standard InChI is InChI=1S/C16H14ClFN2O4/c1-2-3-24-13-6-12(11(18)5-10(13)17)19-16(23)20-7-8-4-9(8)14(20)15(21)22/h1,5-6,8-9,14H,3-4,7H2,(H,19,23)(H,21,22). The second-order valence-corrected chi connectivity index (χ2v) is 6.19. The normalized spacial score (nSPS) is 24.0. The van der Waals surface area contributed by atoms with Crippen LogP contribution in [0, 0.1) is 30.0 Å². The van der Waals surface area contributed by atoms with E-state index in [0.29, 0.717) is 6.54 Å². The van der Waals surface area contributed by atoms with Crippen molar-refractivity contribution in [2.45, 2.75) is 12.5 Å². The molecule has 0 spiro atoms. The molecule has 2 N–H and O–H groups in total. The van der Waals surface area contributed by atoms with E-state index >= 15 is 0 Å². The van der Waals surface area contributed by atoms with Crippen molar-refractivity contribution in [1.82, 2.24) is 4.90 Å². The highest BCUT2D eigenvalue weighted by atomic mass is 35.5. The van der Waals surface area contributed by atoms with Gasteiger partial charge in [-0.05, 0) is 24.3 Å². The average Bonchev–Trinajstić information content (AvgIpc) is 3.17.